The van der Waals surface area contributed by atoms with E-state index in [9.17, 15) is 18.0 Å². The summed E-state index contributed by atoms with van der Waals surface area (Å²) < 4.78 is 40.0. The Bertz CT molecular complexity index is 594. The Kier molecular flexibility index (Phi) is 7.36. The number of methoxy groups -OCH3 is 2. The monoisotopic (exact) mass is 313 g/mol. The molecule has 1 aromatic rings. The first kappa shape index (κ1) is 18.7. The number of benzene rings is 1. The molecule has 0 aromatic heterocycles. The summed E-state index contributed by atoms with van der Waals surface area (Å²) in [6, 6.07) is 3.08. The number of carbonyl (C=O) groups excluding carboxylic acids is 2. The molecule has 0 atom stereocenters. The zero-order valence-electron chi connectivity index (χ0n) is 10.5. The fraction of sp³-hybridized carbons (Fsp3) is 0.200. The van der Waals surface area contributed by atoms with Crippen molar-refractivity contribution in [3.05, 3.63) is 29.3 Å². The summed E-state index contributed by atoms with van der Waals surface area (Å²) >= 11 is 0. The van der Waals surface area contributed by atoms with Crippen molar-refractivity contribution in [2.75, 3.05) is 14.2 Å². The van der Waals surface area contributed by atoms with Crippen molar-refractivity contribution < 1.29 is 32.0 Å². The summed E-state index contributed by atoms with van der Waals surface area (Å²) in [7, 11) is -2.49. The Morgan fingerprint density at radius 3 is 2.05 bits per heavy atom. The van der Waals surface area contributed by atoms with Crippen LogP contribution in [0, 0.1) is 0 Å². The fourth-order valence-electron chi connectivity index (χ4n) is 1.26. The normalized spacial score (nSPS) is 10.3. The molecule has 0 aliphatic rings. The summed E-state index contributed by atoms with van der Waals surface area (Å²) in [6.45, 7) is 0. The van der Waals surface area contributed by atoms with E-state index in [4.69, 9.17) is 4.55 Å². The molecule has 9 heteroatoms. The summed E-state index contributed by atoms with van der Waals surface area (Å²) in [5.41, 5.74) is -0.481. The van der Waals surface area contributed by atoms with Crippen LogP contribution in [0.25, 0.3) is 0 Å². The van der Waals surface area contributed by atoms with Crippen molar-refractivity contribution in [3.8, 4) is 0 Å². The molecule has 0 saturated heterocycles. The Morgan fingerprint density at radius 2 is 1.63 bits per heavy atom. The van der Waals surface area contributed by atoms with Gasteiger partial charge in [0, 0.05) is 51.4 Å². The van der Waals surface area contributed by atoms with E-state index in [2.05, 4.69) is 9.47 Å². The maximum absolute atomic E-state index is 11.3. The summed E-state index contributed by atoms with van der Waals surface area (Å²) in [5.74, 6) is -1.74. The van der Waals surface area contributed by atoms with E-state index in [1.807, 2.05) is 0 Å². The minimum Gasteiger partial charge on any atom is -0.465 e. The molecule has 0 spiro atoms. The number of carbonyl (C=O) groups is 2. The van der Waals surface area contributed by atoms with E-state index in [0.717, 1.165) is 26.4 Å². The molecule has 0 unspecified atom stereocenters. The maximum Gasteiger partial charge on any atom is 0.339 e. The van der Waals surface area contributed by atoms with Gasteiger partial charge in [-0.1, -0.05) is 0 Å². The van der Waals surface area contributed by atoms with Gasteiger partial charge in [-0.2, -0.15) is 8.42 Å². The van der Waals surface area contributed by atoms with Gasteiger partial charge < -0.3 is 9.47 Å². The summed E-state index contributed by atoms with van der Waals surface area (Å²) in [6.07, 6.45) is 0. The number of hydrogen-bond donors (Lipinski definition) is 1. The second kappa shape index (κ2) is 7.48. The van der Waals surface area contributed by atoms with Crippen LogP contribution in [0.4, 0.5) is 0 Å². The fourth-order valence-corrected chi connectivity index (χ4v) is 1.96. The molecule has 0 fully saturated rings. The third-order valence-electron chi connectivity index (χ3n) is 2.09. The van der Waals surface area contributed by atoms with Crippen molar-refractivity contribution in [1.29, 1.82) is 0 Å². The molecule has 19 heavy (non-hydrogen) atoms. The van der Waals surface area contributed by atoms with Gasteiger partial charge >= 0.3 is 11.9 Å². The molecule has 1 N–H and O–H groups in total. The van der Waals surface area contributed by atoms with Crippen LogP contribution >= 0.6 is 0 Å². The molecule has 99 valence electrons. The third kappa shape index (κ3) is 4.63. The van der Waals surface area contributed by atoms with Crippen LogP contribution in [0.3, 0.4) is 0 Å². The Hall–Kier alpha value is -0.294. The minimum absolute atomic E-state index is 0. The average Bonchev–Trinajstić information content (AvgIpc) is 2.35. The van der Waals surface area contributed by atoms with E-state index < -0.39 is 27.0 Å². The first-order chi connectivity index (χ1) is 8.31. The predicted molar refractivity (Wildman–Crippen MR) is 64.7 cm³/mol. The first-order valence-corrected chi connectivity index (χ1v) is 6.03. The van der Waals surface area contributed by atoms with Crippen molar-refractivity contribution in [1.82, 2.24) is 0 Å². The van der Waals surface area contributed by atoms with E-state index in [-0.39, 0.29) is 62.5 Å². The SMILES string of the molecule is COC(=O)c1ccc(C(=O)OC)c(S(=O)(=O)O)c1.[K]. The van der Waals surface area contributed by atoms with Gasteiger partial charge in [0.05, 0.1) is 25.3 Å². The van der Waals surface area contributed by atoms with Crippen molar-refractivity contribution in [2.45, 2.75) is 4.90 Å². The molecular formula is C10H10KO7S. The quantitative estimate of drug-likeness (QED) is 0.480. The van der Waals surface area contributed by atoms with Crippen LogP contribution in [-0.2, 0) is 19.6 Å². The zero-order chi connectivity index (χ0) is 13.9. The molecule has 1 aromatic carbocycles. The summed E-state index contributed by atoms with van der Waals surface area (Å²) in [5, 5.41) is 0. The Balaban J connectivity index is 0.00000324. The molecule has 1 rings (SSSR count). The van der Waals surface area contributed by atoms with Crippen LogP contribution in [-0.4, -0.2) is 90.5 Å². The van der Waals surface area contributed by atoms with E-state index in [1.165, 1.54) is 6.07 Å². The number of hydrogen-bond acceptors (Lipinski definition) is 6. The van der Waals surface area contributed by atoms with E-state index in [1.54, 1.807) is 0 Å². The second-order valence-electron chi connectivity index (χ2n) is 3.17. The van der Waals surface area contributed by atoms with Gasteiger partial charge in [0.2, 0.25) is 0 Å². The molecule has 0 amide bonds. The number of esters is 2. The largest absolute Gasteiger partial charge is 0.465 e. The molecule has 0 saturated carbocycles. The third-order valence-corrected chi connectivity index (χ3v) is 2.98. The van der Waals surface area contributed by atoms with Crippen molar-refractivity contribution in [2.24, 2.45) is 0 Å². The summed E-state index contributed by atoms with van der Waals surface area (Å²) in [4.78, 5) is 21.8. The van der Waals surface area contributed by atoms with Crippen molar-refractivity contribution in [3.63, 3.8) is 0 Å². The van der Waals surface area contributed by atoms with Gasteiger partial charge in [-0.25, -0.2) is 9.59 Å². The van der Waals surface area contributed by atoms with Crippen LogP contribution < -0.4 is 0 Å². The van der Waals surface area contributed by atoms with Gasteiger partial charge in [0.25, 0.3) is 10.1 Å². The zero-order valence-corrected chi connectivity index (χ0v) is 14.5. The van der Waals surface area contributed by atoms with Crippen LogP contribution in [0.1, 0.15) is 20.7 Å². The van der Waals surface area contributed by atoms with E-state index >= 15 is 0 Å². The van der Waals surface area contributed by atoms with Gasteiger partial charge in [-0.05, 0) is 18.2 Å². The first-order valence-electron chi connectivity index (χ1n) is 4.59. The van der Waals surface area contributed by atoms with Gasteiger partial charge in [-0.15, -0.1) is 0 Å². The molecule has 0 aliphatic carbocycles. The second-order valence-corrected chi connectivity index (χ2v) is 4.56. The van der Waals surface area contributed by atoms with Crippen LogP contribution in [0.15, 0.2) is 23.1 Å². The molecule has 0 bridgehead atoms. The molecule has 0 heterocycles. The van der Waals surface area contributed by atoms with Gasteiger partial charge in [0.1, 0.15) is 4.90 Å². The molecular weight excluding hydrogens is 303 g/mol. The van der Waals surface area contributed by atoms with E-state index in [0.29, 0.717) is 0 Å². The average molecular weight is 313 g/mol. The Labute approximate surface area is 152 Å². The van der Waals surface area contributed by atoms with Crippen LogP contribution in [0.2, 0.25) is 0 Å². The minimum atomic E-state index is -4.66. The standard InChI is InChI=1S/C10H10O7S.K/c1-16-9(11)6-3-4-7(10(12)17-2)8(5-6)18(13,14)15;/h3-5H,1-2H3,(H,13,14,15);. The molecule has 7 nitrogen and oxygen atoms in total. The predicted octanol–water partition coefficient (Wildman–Crippen LogP) is 0.126. The number of rotatable bonds is 3. The Morgan fingerprint density at radius 1 is 1.11 bits per heavy atom. The smallest absolute Gasteiger partial charge is 0.339 e. The maximum atomic E-state index is 11.3. The molecule has 1 radical (unpaired) electrons. The van der Waals surface area contributed by atoms with Gasteiger partial charge in [0.15, 0.2) is 0 Å². The topological polar surface area (TPSA) is 107 Å². The van der Waals surface area contributed by atoms with Crippen LogP contribution in [0.5, 0.6) is 0 Å². The van der Waals surface area contributed by atoms with Gasteiger partial charge in [-0.3, -0.25) is 4.55 Å². The molecule has 0 aliphatic heterocycles. The van der Waals surface area contributed by atoms with Crippen molar-refractivity contribution >= 4 is 73.4 Å². The number of ether oxygens (including phenoxy) is 2.